The molecule has 0 amide bonds. The summed E-state index contributed by atoms with van der Waals surface area (Å²) in [7, 11) is 0. The molecule has 1 aromatic heterocycles. The Morgan fingerprint density at radius 1 is 1.21 bits per heavy atom. The van der Waals surface area contributed by atoms with Crippen molar-refractivity contribution in [2.75, 3.05) is 32.0 Å². The second-order valence-corrected chi connectivity index (χ2v) is 7.77. The van der Waals surface area contributed by atoms with Crippen LogP contribution in [0, 0.1) is 11.7 Å². The molecule has 1 unspecified atom stereocenters. The number of aromatic nitrogens is 1. The van der Waals surface area contributed by atoms with Gasteiger partial charge in [-0.1, -0.05) is 19.9 Å². The molecule has 2 aliphatic heterocycles. The lowest BCUT2D eigenvalue weighted by molar-refractivity contribution is 0.0337. The number of hydrogen-bond acceptors (Lipinski definition) is 7. The first-order chi connectivity index (χ1) is 14.0. The summed E-state index contributed by atoms with van der Waals surface area (Å²) in [6.07, 6.45) is 3.42. The lowest BCUT2D eigenvalue weighted by Crippen LogP contribution is -2.35. The third-order valence-corrected chi connectivity index (χ3v) is 5.62. The first kappa shape index (κ1) is 19.6. The molecule has 1 atom stereocenters. The average molecular weight is 396 g/mol. The molecule has 4 rings (SSSR count). The number of halogens is 1. The number of pyridine rings is 1. The first-order valence-corrected chi connectivity index (χ1v) is 9.81. The fourth-order valence-corrected chi connectivity index (χ4v) is 3.77. The van der Waals surface area contributed by atoms with Crippen LogP contribution in [0.2, 0.25) is 0 Å². The molecule has 2 aliphatic rings. The summed E-state index contributed by atoms with van der Waals surface area (Å²) in [6, 6.07) is 7.12. The predicted molar refractivity (Wildman–Crippen MR) is 110 cm³/mol. The van der Waals surface area contributed by atoms with Crippen LogP contribution in [0.5, 0.6) is 0 Å². The summed E-state index contributed by atoms with van der Waals surface area (Å²) in [4.78, 5) is 6.58. The van der Waals surface area contributed by atoms with Gasteiger partial charge in [-0.2, -0.15) is 5.11 Å². The summed E-state index contributed by atoms with van der Waals surface area (Å²) in [6.45, 7) is 7.60. The number of anilines is 1. The number of nitrogen functional groups attached to an aromatic ring is 1. The second-order valence-electron chi connectivity index (χ2n) is 7.77. The Labute approximate surface area is 169 Å². The zero-order valence-electron chi connectivity index (χ0n) is 16.7. The molecule has 0 bridgehead atoms. The van der Waals surface area contributed by atoms with Crippen molar-refractivity contribution >= 4 is 12.0 Å². The number of hydrogen-bond donors (Lipinski definition) is 1. The van der Waals surface area contributed by atoms with E-state index in [1.165, 1.54) is 6.07 Å². The predicted octanol–water partition coefficient (Wildman–Crippen LogP) is 3.61. The molecule has 1 aromatic carbocycles. The quantitative estimate of drug-likeness (QED) is 0.836. The fourth-order valence-electron chi connectivity index (χ4n) is 3.77. The number of morpholine rings is 1. The lowest BCUT2D eigenvalue weighted by atomic mass is 9.81. The van der Waals surface area contributed by atoms with E-state index < -0.39 is 5.54 Å². The summed E-state index contributed by atoms with van der Waals surface area (Å²) in [5.41, 5.74) is 8.62. The zero-order chi connectivity index (χ0) is 20.4. The molecule has 2 N–H and O–H groups in total. The van der Waals surface area contributed by atoms with Gasteiger partial charge in [-0.25, -0.2) is 9.37 Å². The standard InChI is InChI=1S/C21H25FN6O/c1-14(2)21(13-25-27-26-21)18-10-16(11-24-20(18)23)15-3-4-19(22)17(9-15)12-28-5-7-29-8-6-28/h3-4,9-11,13-14H,5-8,12H2,1-2H3,(H2,23,24). The lowest BCUT2D eigenvalue weighted by Gasteiger charge is -2.27. The van der Waals surface area contributed by atoms with Gasteiger partial charge in [0.05, 0.1) is 19.4 Å². The van der Waals surface area contributed by atoms with E-state index in [-0.39, 0.29) is 11.7 Å². The molecule has 29 heavy (non-hydrogen) atoms. The normalized spacial score (nSPS) is 21.9. The molecule has 7 nitrogen and oxygen atoms in total. The van der Waals surface area contributed by atoms with Gasteiger partial charge >= 0.3 is 0 Å². The number of benzene rings is 1. The molecule has 0 spiro atoms. The minimum absolute atomic E-state index is 0.0990. The highest BCUT2D eigenvalue weighted by Gasteiger charge is 2.39. The van der Waals surface area contributed by atoms with Gasteiger partial charge < -0.3 is 10.5 Å². The maximum absolute atomic E-state index is 14.5. The maximum atomic E-state index is 14.5. The fraction of sp³-hybridized carbons (Fsp3) is 0.429. The molecule has 8 heteroatoms. The van der Waals surface area contributed by atoms with Crippen LogP contribution < -0.4 is 5.73 Å². The van der Waals surface area contributed by atoms with E-state index in [1.807, 2.05) is 26.0 Å². The van der Waals surface area contributed by atoms with Crippen LogP contribution in [-0.2, 0) is 16.8 Å². The van der Waals surface area contributed by atoms with Gasteiger partial charge in [-0.05, 0) is 34.9 Å². The summed E-state index contributed by atoms with van der Waals surface area (Å²) < 4.78 is 19.8. The van der Waals surface area contributed by atoms with E-state index in [4.69, 9.17) is 10.5 Å². The van der Waals surface area contributed by atoms with Crippen LogP contribution in [-0.4, -0.2) is 42.4 Å². The molecule has 1 fully saturated rings. The van der Waals surface area contributed by atoms with E-state index >= 15 is 0 Å². The van der Waals surface area contributed by atoms with Crippen molar-refractivity contribution in [3.63, 3.8) is 0 Å². The number of rotatable bonds is 5. The Balaban J connectivity index is 1.69. The van der Waals surface area contributed by atoms with E-state index in [0.717, 1.165) is 29.8 Å². The van der Waals surface area contributed by atoms with Crippen LogP contribution in [0.3, 0.4) is 0 Å². The van der Waals surface area contributed by atoms with Crippen LogP contribution in [0.15, 0.2) is 45.9 Å². The van der Waals surface area contributed by atoms with Gasteiger partial charge in [0.1, 0.15) is 11.6 Å². The smallest absolute Gasteiger partial charge is 0.151 e. The Kier molecular flexibility index (Phi) is 5.38. The monoisotopic (exact) mass is 396 g/mol. The van der Waals surface area contributed by atoms with Crippen LogP contribution in [0.4, 0.5) is 10.2 Å². The van der Waals surface area contributed by atoms with Gasteiger partial charge in [0.2, 0.25) is 0 Å². The van der Waals surface area contributed by atoms with Gasteiger partial charge in [0.15, 0.2) is 5.54 Å². The molecular weight excluding hydrogens is 371 g/mol. The van der Waals surface area contributed by atoms with Crippen LogP contribution in [0.25, 0.3) is 11.1 Å². The third-order valence-electron chi connectivity index (χ3n) is 5.62. The summed E-state index contributed by atoms with van der Waals surface area (Å²) in [5, 5.41) is 12.1. The van der Waals surface area contributed by atoms with Gasteiger partial charge in [0.25, 0.3) is 0 Å². The molecular formula is C21H25FN6O. The van der Waals surface area contributed by atoms with Crippen molar-refractivity contribution in [3.8, 4) is 11.1 Å². The molecule has 0 saturated carbocycles. The second kappa shape index (κ2) is 7.96. The maximum Gasteiger partial charge on any atom is 0.151 e. The topological polar surface area (TPSA) is 88.5 Å². The Morgan fingerprint density at radius 2 is 2.00 bits per heavy atom. The SMILES string of the molecule is CC(C)C1(c2cc(-c3ccc(F)c(CN4CCOCC4)c3)cnc2N)C=NN=N1. The molecule has 152 valence electrons. The van der Waals surface area contributed by atoms with E-state index in [2.05, 4.69) is 25.3 Å². The van der Waals surface area contributed by atoms with E-state index in [1.54, 1.807) is 18.5 Å². The first-order valence-electron chi connectivity index (χ1n) is 9.81. The van der Waals surface area contributed by atoms with Crippen molar-refractivity contribution in [2.45, 2.75) is 25.9 Å². The van der Waals surface area contributed by atoms with Gasteiger partial charge in [-0.3, -0.25) is 4.90 Å². The van der Waals surface area contributed by atoms with E-state index in [0.29, 0.717) is 31.1 Å². The molecule has 0 aliphatic carbocycles. The third kappa shape index (κ3) is 3.77. The number of nitrogens with zero attached hydrogens (tertiary/aromatic N) is 5. The van der Waals surface area contributed by atoms with Crippen molar-refractivity contribution < 1.29 is 9.13 Å². The Morgan fingerprint density at radius 3 is 2.69 bits per heavy atom. The van der Waals surface area contributed by atoms with E-state index in [9.17, 15) is 4.39 Å². The Hall–Kier alpha value is -2.71. The van der Waals surface area contributed by atoms with Crippen molar-refractivity contribution in [1.29, 1.82) is 0 Å². The minimum Gasteiger partial charge on any atom is -0.383 e. The van der Waals surface area contributed by atoms with Crippen molar-refractivity contribution in [1.82, 2.24) is 9.88 Å². The number of ether oxygens (including phenoxy) is 1. The minimum atomic E-state index is -0.732. The molecule has 1 saturated heterocycles. The highest BCUT2D eigenvalue weighted by Crippen LogP contribution is 2.39. The number of nitrogens with two attached hydrogens (primary N) is 1. The van der Waals surface area contributed by atoms with Gasteiger partial charge in [0, 0.05) is 42.5 Å². The van der Waals surface area contributed by atoms with Crippen LogP contribution in [0.1, 0.15) is 25.0 Å². The van der Waals surface area contributed by atoms with Crippen molar-refractivity contribution in [3.05, 3.63) is 47.4 Å². The highest BCUT2D eigenvalue weighted by atomic mass is 19.1. The summed E-state index contributed by atoms with van der Waals surface area (Å²) >= 11 is 0. The van der Waals surface area contributed by atoms with Gasteiger partial charge in [-0.15, -0.1) is 5.10 Å². The molecule has 0 radical (unpaired) electrons. The average Bonchev–Trinajstić information content (AvgIpc) is 3.22. The zero-order valence-corrected chi connectivity index (χ0v) is 16.7. The largest absolute Gasteiger partial charge is 0.383 e. The molecule has 3 heterocycles. The van der Waals surface area contributed by atoms with Crippen LogP contribution >= 0.6 is 0 Å². The van der Waals surface area contributed by atoms with Crippen molar-refractivity contribution in [2.24, 2.45) is 21.4 Å². The highest BCUT2D eigenvalue weighted by molar-refractivity contribution is 5.79. The molecule has 2 aromatic rings. The Bertz CT molecular complexity index is 940. The summed E-state index contributed by atoms with van der Waals surface area (Å²) in [5.74, 6) is 0.284.